The van der Waals surface area contributed by atoms with Crippen LogP contribution >= 0.6 is 12.2 Å². The number of benzene rings is 2. The lowest BCUT2D eigenvalue weighted by Crippen LogP contribution is -2.38. The maximum Gasteiger partial charge on any atom is 0.264 e. The zero-order chi connectivity index (χ0) is 19.3. The van der Waals surface area contributed by atoms with Gasteiger partial charge in [-0.2, -0.15) is 0 Å². The monoisotopic (exact) mass is 403 g/mol. The van der Waals surface area contributed by atoms with E-state index in [0.717, 1.165) is 12.8 Å². The van der Waals surface area contributed by atoms with Gasteiger partial charge in [-0.3, -0.25) is 4.31 Å². The number of nitrogens with one attached hydrogen (secondary N) is 2. The second-order valence-electron chi connectivity index (χ2n) is 6.77. The van der Waals surface area contributed by atoms with Crippen LogP contribution < -0.4 is 14.9 Å². The molecule has 1 fully saturated rings. The van der Waals surface area contributed by atoms with Crippen molar-refractivity contribution in [1.29, 1.82) is 0 Å². The summed E-state index contributed by atoms with van der Waals surface area (Å²) in [4.78, 5) is 0.222. The first-order valence-corrected chi connectivity index (χ1v) is 11.0. The van der Waals surface area contributed by atoms with Gasteiger partial charge in [-0.1, -0.05) is 43.5 Å². The molecule has 7 heteroatoms. The molecule has 144 valence electrons. The predicted molar refractivity (Wildman–Crippen MR) is 115 cm³/mol. The molecule has 0 heterocycles. The van der Waals surface area contributed by atoms with Gasteiger partial charge in [-0.25, -0.2) is 8.42 Å². The fraction of sp³-hybridized carbons (Fsp3) is 0.350. The molecular weight excluding hydrogens is 378 g/mol. The maximum absolute atomic E-state index is 12.9. The molecule has 1 aliphatic rings. The lowest BCUT2D eigenvalue weighted by molar-refractivity contribution is 0.415. The molecule has 27 heavy (non-hydrogen) atoms. The number of anilines is 2. The Morgan fingerprint density at radius 1 is 1.04 bits per heavy atom. The number of hydrogen-bond donors (Lipinski definition) is 2. The minimum Gasteiger partial charge on any atom is -0.360 e. The lowest BCUT2D eigenvalue weighted by Gasteiger charge is -2.24. The fourth-order valence-corrected chi connectivity index (χ4v) is 4.80. The van der Waals surface area contributed by atoms with Crippen LogP contribution in [0.5, 0.6) is 0 Å². The quantitative estimate of drug-likeness (QED) is 0.735. The second kappa shape index (κ2) is 8.71. The van der Waals surface area contributed by atoms with Crippen LogP contribution in [0.4, 0.5) is 11.4 Å². The standard InChI is InChI=1S/C20H25N3O2S2/c1-23(18-12-6-3-7-13-18)27(24,25)19-14-8-11-17(15-19)22-20(26)21-16-9-4-2-5-10-16/h3,6-8,11-16H,2,4-5,9-10H2,1H3,(H2,21,22,26). The summed E-state index contributed by atoms with van der Waals surface area (Å²) in [5.41, 5.74) is 1.27. The summed E-state index contributed by atoms with van der Waals surface area (Å²) >= 11 is 5.40. The molecule has 3 rings (SSSR count). The van der Waals surface area contributed by atoms with Crippen LogP contribution in [0.25, 0.3) is 0 Å². The van der Waals surface area contributed by atoms with E-state index < -0.39 is 10.0 Å². The van der Waals surface area contributed by atoms with Gasteiger partial charge >= 0.3 is 0 Å². The van der Waals surface area contributed by atoms with E-state index >= 15 is 0 Å². The van der Waals surface area contributed by atoms with E-state index in [2.05, 4.69) is 10.6 Å². The highest BCUT2D eigenvalue weighted by Crippen LogP contribution is 2.24. The highest BCUT2D eigenvalue weighted by molar-refractivity contribution is 7.92. The first kappa shape index (κ1) is 19.6. The Hall–Kier alpha value is -2.12. The van der Waals surface area contributed by atoms with Crippen LogP contribution in [0.2, 0.25) is 0 Å². The molecule has 0 unspecified atom stereocenters. The third kappa shape index (κ3) is 4.99. The Morgan fingerprint density at radius 3 is 2.44 bits per heavy atom. The molecule has 0 radical (unpaired) electrons. The Kier molecular flexibility index (Phi) is 6.34. The summed E-state index contributed by atoms with van der Waals surface area (Å²) in [5.74, 6) is 0. The molecule has 2 aromatic rings. The minimum absolute atomic E-state index is 0.222. The molecule has 1 saturated carbocycles. The molecule has 0 spiro atoms. The molecule has 5 nitrogen and oxygen atoms in total. The van der Waals surface area contributed by atoms with Crippen LogP contribution in [-0.4, -0.2) is 26.6 Å². The van der Waals surface area contributed by atoms with Crippen molar-refractivity contribution in [3.05, 3.63) is 54.6 Å². The normalized spacial score (nSPS) is 15.1. The van der Waals surface area contributed by atoms with E-state index in [9.17, 15) is 8.42 Å². The summed E-state index contributed by atoms with van der Waals surface area (Å²) < 4.78 is 27.2. The SMILES string of the molecule is CN(c1ccccc1)S(=O)(=O)c1cccc(NC(=S)NC2CCCCC2)c1. The van der Waals surface area contributed by atoms with Crippen LogP contribution in [0.1, 0.15) is 32.1 Å². The van der Waals surface area contributed by atoms with Gasteiger partial charge in [0.1, 0.15) is 0 Å². The molecule has 0 atom stereocenters. The van der Waals surface area contributed by atoms with Gasteiger partial charge in [0.2, 0.25) is 0 Å². The third-order valence-electron chi connectivity index (χ3n) is 4.81. The van der Waals surface area contributed by atoms with Gasteiger partial charge in [0.25, 0.3) is 10.0 Å². The summed E-state index contributed by atoms with van der Waals surface area (Å²) in [6.45, 7) is 0. The van der Waals surface area contributed by atoms with Crippen LogP contribution in [0.3, 0.4) is 0 Å². The molecule has 0 saturated heterocycles. The minimum atomic E-state index is -3.65. The largest absolute Gasteiger partial charge is 0.360 e. The van der Waals surface area contributed by atoms with Gasteiger partial charge in [0, 0.05) is 18.8 Å². The van der Waals surface area contributed by atoms with Crippen molar-refractivity contribution < 1.29 is 8.42 Å². The molecule has 2 N–H and O–H groups in total. The first-order valence-electron chi connectivity index (χ1n) is 9.18. The lowest BCUT2D eigenvalue weighted by atomic mass is 9.96. The van der Waals surface area contributed by atoms with Crippen molar-refractivity contribution in [2.75, 3.05) is 16.7 Å². The molecule has 2 aromatic carbocycles. The number of rotatable bonds is 5. The van der Waals surface area contributed by atoms with E-state index in [1.807, 2.05) is 24.3 Å². The summed E-state index contributed by atoms with van der Waals surface area (Å²) in [6.07, 6.45) is 5.98. The van der Waals surface area contributed by atoms with Crippen LogP contribution in [0.15, 0.2) is 59.5 Å². The summed E-state index contributed by atoms with van der Waals surface area (Å²) in [5, 5.41) is 6.99. The van der Waals surface area contributed by atoms with Gasteiger partial charge < -0.3 is 10.6 Å². The van der Waals surface area contributed by atoms with Crippen LogP contribution in [-0.2, 0) is 10.0 Å². The smallest absolute Gasteiger partial charge is 0.264 e. The number of nitrogens with zero attached hydrogens (tertiary/aromatic N) is 1. The molecule has 0 amide bonds. The molecule has 1 aliphatic carbocycles. The fourth-order valence-electron chi connectivity index (χ4n) is 3.27. The van der Waals surface area contributed by atoms with Crippen molar-refractivity contribution in [2.45, 2.75) is 43.0 Å². The van der Waals surface area contributed by atoms with E-state index in [1.54, 1.807) is 37.4 Å². The van der Waals surface area contributed by atoms with E-state index in [1.165, 1.54) is 23.6 Å². The van der Waals surface area contributed by atoms with Gasteiger partial charge in [-0.05, 0) is 55.4 Å². The highest BCUT2D eigenvalue weighted by Gasteiger charge is 2.21. The molecular formula is C20H25N3O2S2. The molecule has 0 aliphatic heterocycles. The Balaban J connectivity index is 1.71. The summed E-state index contributed by atoms with van der Waals surface area (Å²) in [6, 6.07) is 16.2. The zero-order valence-electron chi connectivity index (χ0n) is 15.4. The van der Waals surface area contributed by atoms with Crippen molar-refractivity contribution in [3.8, 4) is 0 Å². The van der Waals surface area contributed by atoms with Crippen molar-refractivity contribution in [1.82, 2.24) is 5.32 Å². The van der Waals surface area contributed by atoms with E-state index in [-0.39, 0.29) is 4.90 Å². The predicted octanol–water partition coefficient (Wildman–Crippen LogP) is 4.13. The van der Waals surface area contributed by atoms with Gasteiger partial charge in [-0.15, -0.1) is 0 Å². The van der Waals surface area contributed by atoms with E-state index in [4.69, 9.17) is 12.2 Å². The average Bonchev–Trinajstić information content (AvgIpc) is 2.69. The van der Waals surface area contributed by atoms with Crippen LogP contribution in [0, 0.1) is 0 Å². The Morgan fingerprint density at radius 2 is 1.74 bits per heavy atom. The molecule has 0 bridgehead atoms. The third-order valence-corrected chi connectivity index (χ3v) is 6.81. The second-order valence-corrected chi connectivity index (χ2v) is 9.15. The highest BCUT2D eigenvalue weighted by atomic mass is 32.2. The molecule has 0 aromatic heterocycles. The first-order chi connectivity index (χ1) is 13.0. The van der Waals surface area contributed by atoms with E-state index in [0.29, 0.717) is 22.5 Å². The van der Waals surface area contributed by atoms with Crippen molar-refractivity contribution in [2.24, 2.45) is 0 Å². The zero-order valence-corrected chi connectivity index (χ0v) is 17.0. The number of sulfonamides is 1. The van der Waals surface area contributed by atoms with Gasteiger partial charge in [0.05, 0.1) is 10.6 Å². The summed E-state index contributed by atoms with van der Waals surface area (Å²) in [7, 11) is -2.09. The number of hydrogen-bond acceptors (Lipinski definition) is 3. The average molecular weight is 404 g/mol. The van der Waals surface area contributed by atoms with Crippen molar-refractivity contribution in [3.63, 3.8) is 0 Å². The Labute approximate surface area is 166 Å². The number of para-hydroxylation sites is 1. The number of thiocarbonyl (C=S) groups is 1. The van der Waals surface area contributed by atoms with Gasteiger partial charge in [0.15, 0.2) is 5.11 Å². The van der Waals surface area contributed by atoms with Crippen molar-refractivity contribution >= 4 is 38.7 Å². The maximum atomic E-state index is 12.9. The Bertz CT molecular complexity index is 879. The topological polar surface area (TPSA) is 61.4 Å².